The van der Waals surface area contributed by atoms with Crippen LogP contribution in [-0.2, 0) is 9.59 Å². The quantitative estimate of drug-likeness (QED) is 0.450. The first-order valence-electron chi connectivity index (χ1n) is 3.20. The summed E-state index contributed by atoms with van der Waals surface area (Å²) in [6.45, 7) is 3.76. The van der Waals surface area contributed by atoms with E-state index in [4.69, 9.17) is 0 Å². The summed E-state index contributed by atoms with van der Waals surface area (Å²) in [5.74, 6) is -0.125. The van der Waals surface area contributed by atoms with Gasteiger partial charge < -0.3 is 0 Å². The maximum Gasteiger partial charge on any atom is 0.201 e. The summed E-state index contributed by atoms with van der Waals surface area (Å²) >= 11 is 0. The second-order valence-electron chi connectivity index (χ2n) is 2.76. The first kappa shape index (κ1) is 6.46. The zero-order valence-electron chi connectivity index (χ0n) is 5.68. The van der Waals surface area contributed by atoms with E-state index < -0.39 is 0 Å². The number of rotatable bonds is 0. The van der Waals surface area contributed by atoms with Gasteiger partial charge in [-0.3, -0.25) is 9.59 Å². The predicted octanol–water partition coefficient (Wildman–Crippen LogP) is 0.800. The van der Waals surface area contributed by atoms with Crippen molar-refractivity contribution in [3.8, 4) is 0 Å². The fraction of sp³-hybridized carbons (Fsp3) is 0.714. The molecule has 2 atom stereocenters. The Hall–Kier alpha value is -0.660. The molecular formula is C7H10O2. The standard InChI is InChI=1S/C7H10O2/c1-4-3-6(8)7(9)5(4)2/h4-5H,3H2,1-2H3. The van der Waals surface area contributed by atoms with Crippen molar-refractivity contribution in [1.82, 2.24) is 0 Å². The van der Waals surface area contributed by atoms with E-state index in [2.05, 4.69) is 0 Å². The molecule has 0 radical (unpaired) electrons. The lowest BCUT2D eigenvalue weighted by atomic mass is 10.0. The summed E-state index contributed by atoms with van der Waals surface area (Å²) < 4.78 is 0. The molecule has 1 fully saturated rings. The van der Waals surface area contributed by atoms with E-state index in [1.807, 2.05) is 13.8 Å². The minimum Gasteiger partial charge on any atom is -0.291 e. The molecule has 50 valence electrons. The van der Waals surface area contributed by atoms with E-state index in [9.17, 15) is 9.59 Å². The molecule has 1 aliphatic carbocycles. The van der Waals surface area contributed by atoms with Crippen LogP contribution in [-0.4, -0.2) is 11.6 Å². The van der Waals surface area contributed by atoms with Crippen molar-refractivity contribution in [2.45, 2.75) is 20.3 Å². The molecule has 0 spiro atoms. The number of hydrogen-bond donors (Lipinski definition) is 0. The zero-order chi connectivity index (χ0) is 7.02. The largest absolute Gasteiger partial charge is 0.291 e. The molecule has 0 amide bonds. The summed E-state index contributed by atoms with van der Waals surface area (Å²) in [7, 11) is 0. The average molecular weight is 126 g/mol. The Kier molecular flexibility index (Phi) is 1.39. The molecule has 0 saturated heterocycles. The van der Waals surface area contributed by atoms with E-state index in [0.29, 0.717) is 6.42 Å². The van der Waals surface area contributed by atoms with E-state index in [-0.39, 0.29) is 23.4 Å². The fourth-order valence-electron chi connectivity index (χ4n) is 1.08. The molecule has 2 nitrogen and oxygen atoms in total. The Labute approximate surface area is 54.2 Å². The molecule has 0 aromatic carbocycles. The number of ketones is 2. The van der Waals surface area contributed by atoms with Crippen LogP contribution < -0.4 is 0 Å². The van der Waals surface area contributed by atoms with Gasteiger partial charge in [-0.05, 0) is 5.92 Å². The summed E-state index contributed by atoms with van der Waals surface area (Å²) in [4.78, 5) is 21.4. The Morgan fingerprint density at radius 3 is 2.00 bits per heavy atom. The topological polar surface area (TPSA) is 34.1 Å². The number of carbonyl (C=O) groups is 2. The molecule has 2 heteroatoms. The SMILES string of the molecule is CC1CC(=O)C(=O)C1C. The maximum atomic E-state index is 10.8. The van der Waals surface area contributed by atoms with E-state index in [0.717, 1.165) is 0 Å². The van der Waals surface area contributed by atoms with Gasteiger partial charge in [0, 0.05) is 12.3 Å². The van der Waals surface area contributed by atoms with E-state index in [1.165, 1.54) is 0 Å². The fourth-order valence-corrected chi connectivity index (χ4v) is 1.08. The summed E-state index contributed by atoms with van der Waals surface area (Å²) in [6, 6.07) is 0. The van der Waals surface area contributed by atoms with Crippen LogP contribution in [0.1, 0.15) is 20.3 Å². The monoisotopic (exact) mass is 126 g/mol. The third-order valence-electron chi connectivity index (χ3n) is 2.05. The maximum absolute atomic E-state index is 10.8. The molecule has 0 aromatic rings. The van der Waals surface area contributed by atoms with E-state index in [1.54, 1.807) is 0 Å². The lowest BCUT2D eigenvalue weighted by Crippen LogP contribution is -2.11. The minimum absolute atomic E-state index is 0.0301. The van der Waals surface area contributed by atoms with E-state index >= 15 is 0 Å². The first-order chi connectivity index (χ1) is 4.13. The van der Waals surface area contributed by atoms with Gasteiger partial charge in [-0.15, -0.1) is 0 Å². The molecule has 0 N–H and O–H groups in total. The van der Waals surface area contributed by atoms with Crippen LogP contribution in [0.15, 0.2) is 0 Å². The second kappa shape index (κ2) is 1.94. The van der Waals surface area contributed by atoms with Crippen LogP contribution in [0.4, 0.5) is 0 Å². The highest BCUT2D eigenvalue weighted by Gasteiger charge is 2.34. The molecule has 0 bridgehead atoms. The molecule has 1 saturated carbocycles. The smallest absolute Gasteiger partial charge is 0.201 e. The lowest BCUT2D eigenvalue weighted by molar-refractivity contribution is -0.135. The van der Waals surface area contributed by atoms with Gasteiger partial charge in [-0.1, -0.05) is 13.8 Å². The Morgan fingerprint density at radius 2 is 1.89 bits per heavy atom. The van der Waals surface area contributed by atoms with Crippen LogP contribution in [0.5, 0.6) is 0 Å². The van der Waals surface area contributed by atoms with Crippen LogP contribution >= 0.6 is 0 Å². The number of carbonyl (C=O) groups excluding carboxylic acids is 2. The molecule has 0 aromatic heterocycles. The minimum atomic E-state index is -0.185. The highest BCUT2D eigenvalue weighted by molar-refractivity contribution is 6.39. The Bertz CT molecular complexity index is 160. The Balaban J connectivity index is 2.77. The van der Waals surface area contributed by atoms with Gasteiger partial charge in [0.1, 0.15) is 0 Å². The van der Waals surface area contributed by atoms with Gasteiger partial charge in [0.25, 0.3) is 0 Å². The van der Waals surface area contributed by atoms with Gasteiger partial charge in [0.05, 0.1) is 0 Å². The molecule has 1 rings (SSSR count). The molecule has 1 aliphatic rings. The van der Waals surface area contributed by atoms with Crippen LogP contribution in [0.2, 0.25) is 0 Å². The normalized spacial score (nSPS) is 35.8. The van der Waals surface area contributed by atoms with Crippen LogP contribution in [0.25, 0.3) is 0 Å². The van der Waals surface area contributed by atoms with Gasteiger partial charge in [-0.25, -0.2) is 0 Å². The van der Waals surface area contributed by atoms with Crippen molar-refractivity contribution >= 4 is 11.6 Å². The van der Waals surface area contributed by atoms with Gasteiger partial charge in [0.2, 0.25) is 5.78 Å². The molecular weight excluding hydrogens is 116 g/mol. The van der Waals surface area contributed by atoms with Crippen molar-refractivity contribution in [1.29, 1.82) is 0 Å². The molecule has 0 aliphatic heterocycles. The zero-order valence-corrected chi connectivity index (χ0v) is 5.68. The summed E-state index contributed by atoms with van der Waals surface area (Å²) in [5.41, 5.74) is 0. The van der Waals surface area contributed by atoms with Crippen LogP contribution in [0.3, 0.4) is 0 Å². The summed E-state index contributed by atoms with van der Waals surface area (Å²) in [5, 5.41) is 0. The van der Waals surface area contributed by atoms with Crippen molar-refractivity contribution in [2.24, 2.45) is 11.8 Å². The second-order valence-corrected chi connectivity index (χ2v) is 2.76. The Morgan fingerprint density at radius 1 is 1.33 bits per heavy atom. The number of hydrogen-bond acceptors (Lipinski definition) is 2. The highest BCUT2D eigenvalue weighted by Crippen LogP contribution is 2.24. The molecule has 9 heavy (non-hydrogen) atoms. The van der Waals surface area contributed by atoms with Gasteiger partial charge in [0.15, 0.2) is 5.78 Å². The molecule has 2 unspecified atom stereocenters. The first-order valence-corrected chi connectivity index (χ1v) is 3.20. The lowest BCUT2D eigenvalue weighted by Gasteiger charge is -2.02. The van der Waals surface area contributed by atoms with Gasteiger partial charge >= 0.3 is 0 Å². The van der Waals surface area contributed by atoms with Crippen molar-refractivity contribution < 1.29 is 9.59 Å². The summed E-state index contributed by atoms with van der Waals surface area (Å²) in [6.07, 6.45) is 0.458. The molecule has 0 heterocycles. The third kappa shape index (κ3) is 0.889. The highest BCUT2D eigenvalue weighted by atomic mass is 16.2. The van der Waals surface area contributed by atoms with Crippen LogP contribution in [0, 0.1) is 11.8 Å². The van der Waals surface area contributed by atoms with Gasteiger partial charge in [-0.2, -0.15) is 0 Å². The van der Waals surface area contributed by atoms with Crippen molar-refractivity contribution in [2.75, 3.05) is 0 Å². The van der Waals surface area contributed by atoms with Crippen molar-refractivity contribution in [3.63, 3.8) is 0 Å². The average Bonchev–Trinajstić information content (AvgIpc) is 1.98. The van der Waals surface area contributed by atoms with Crippen molar-refractivity contribution in [3.05, 3.63) is 0 Å². The third-order valence-corrected chi connectivity index (χ3v) is 2.05. The number of Topliss-reactive ketones (excluding diaryl/α,β-unsaturated/α-hetero) is 2. The predicted molar refractivity (Wildman–Crippen MR) is 33.0 cm³/mol.